The smallest absolute Gasteiger partial charge is 0.481 e. The summed E-state index contributed by atoms with van der Waals surface area (Å²) >= 11 is 0. The predicted molar refractivity (Wildman–Crippen MR) is 66.5 cm³/mol. The highest BCUT2D eigenvalue weighted by molar-refractivity contribution is 6.62. The topological polar surface area (TPSA) is 40.6 Å². The number of nitrogens with zero attached hydrogens (tertiary/aromatic N) is 1. The van der Waals surface area contributed by atoms with Crippen LogP contribution in [0.4, 0.5) is 0 Å². The first-order valence-electron chi connectivity index (χ1n) is 8.27. The second kappa shape index (κ2) is 4.00. The molecule has 0 unspecified atom stereocenters. The fraction of sp³-hybridized carbons (Fsp3) is 0.583. The van der Waals surface area contributed by atoms with Crippen LogP contribution in [0.5, 0.6) is 5.88 Å². The molecular weight excluding hydrogens is 217 g/mol. The van der Waals surface area contributed by atoms with Crippen molar-refractivity contribution in [1.82, 2.24) is 4.98 Å². The van der Waals surface area contributed by atoms with Crippen molar-refractivity contribution in [3.8, 4) is 5.88 Å². The van der Waals surface area contributed by atoms with Gasteiger partial charge >= 0.3 is 7.12 Å². The van der Waals surface area contributed by atoms with Gasteiger partial charge in [0.15, 0.2) is 0 Å². The fourth-order valence-corrected chi connectivity index (χ4v) is 1.44. The maximum Gasteiger partial charge on any atom is 0.495 e. The van der Waals surface area contributed by atoms with Crippen LogP contribution in [-0.2, 0) is 9.31 Å². The van der Waals surface area contributed by atoms with Gasteiger partial charge in [-0.3, -0.25) is 0 Å². The maximum atomic E-state index is 8.09. The number of aromatic nitrogens is 1. The van der Waals surface area contributed by atoms with E-state index in [1.165, 1.54) is 0 Å². The Morgan fingerprint density at radius 2 is 2.00 bits per heavy atom. The summed E-state index contributed by atoms with van der Waals surface area (Å²) in [6.07, 6.45) is -0.509. The van der Waals surface area contributed by atoms with Crippen molar-refractivity contribution >= 4 is 12.6 Å². The summed E-state index contributed by atoms with van der Waals surface area (Å²) in [7, 11) is -3.89. The summed E-state index contributed by atoms with van der Waals surface area (Å²) in [5.41, 5.74) is -1.47. The third-order valence-electron chi connectivity index (χ3n) is 3.18. The number of rotatable bonds is 2. The standard InChI is InChI=1S/C12H18BNO3/c1-11(2)12(3,4)17-13(16-11)9-6-7-14-10(8-9)15-5/h6-8H,1-5H3/i5D3,6D,7D,8D. The zero-order valence-electron chi connectivity index (χ0n) is 16.2. The summed E-state index contributed by atoms with van der Waals surface area (Å²) in [6.45, 7) is 7.23. The van der Waals surface area contributed by atoms with E-state index in [1.807, 2.05) is 27.7 Å². The minimum absolute atomic E-state index is 0.0668. The lowest BCUT2D eigenvalue weighted by atomic mass is 9.80. The van der Waals surface area contributed by atoms with Gasteiger partial charge in [0.1, 0.15) is 0 Å². The van der Waals surface area contributed by atoms with Gasteiger partial charge in [0.05, 0.1) is 26.5 Å². The molecule has 17 heavy (non-hydrogen) atoms. The normalized spacial score (nSPS) is 27.4. The lowest BCUT2D eigenvalue weighted by Crippen LogP contribution is -2.41. The van der Waals surface area contributed by atoms with Gasteiger partial charge < -0.3 is 14.0 Å². The second-order valence-corrected chi connectivity index (χ2v) is 4.88. The molecule has 1 saturated heterocycles. The summed E-state index contributed by atoms with van der Waals surface area (Å²) in [6, 6.07) is -0.785. The van der Waals surface area contributed by atoms with Gasteiger partial charge in [-0.05, 0) is 39.2 Å². The molecule has 0 atom stereocenters. The Morgan fingerprint density at radius 1 is 1.35 bits per heavy atom. The van der Waals surface area contributed by atoms with Gasteiger partial charge in [0.2, 0.25) is 5.88 Å². The first-order valence-corrected chi connectivity index (χ1v) is 5.27. The van der Waals surface area contributed by atoms with Crippen LogP contribution >= 0.6 is 0 Å². The van der Waals surface area contributed by atoms with E-state index in [9.17, 15) is 0 Å². The van der Waals surface area contributed by atoms with Gasteiger partial charge in [-0.25, -0.2) is 4.98 Å². The van der Waals surface area contributed by atoms with Crippen molar-refractivity contribution in [1.29, 1.82) is 0 Å². The molecule has 1 aliphatic rings. The lowest BCUT2D eigenvalue weighted by molar-refractivity contribution is 0.00578. The molecule has 0 radical (unpaired) electrons. The number of ether oxygens (including phenoxy) is 1. The van der Waals surface area contributed by atoms with Crippen molar-refractivity contribution in [3.05, 3.63) is 18.3 Å². The van der Waals surface area contributed by atoms with E-state index in [0.29, 0.717) is 0 Å². The quantitative estimate of drug-likeness (QED) is 0.733. The van der Waals surface area contributed by atoms with Crippen molar-refractivity contribution in [2.75, 3.05) is 7.04 Å². The molecule has 1 fully saturated rings. The maximum absolute atomic E-state index is 8.09. The molecule has 0 N–H and O–H groups in total. The highest BCUT2D eigenvalue weighted by Gasteiger charge is 2.51. The molecule has 1 aliphatic heterocycles. The van der Waals surface area contributed by atoms with Crippen LogP contribution in [0.25, 0.3) is 0 Å². The Kier molecular flexibility index (Phi) is 1.59. The van der Waals surface area contributed by atoms with Crippen LogP contribution < -0.4 is 10.2 Å². The largest absolute Gasteiger partial charge is 0.495 e. The van der Waals surface area contributed by atoms with Crippen LogP contribution in [-0.4, -0.2) is 30.3 Å². The van der Waals surface area contributed by atoms with Gasteiger partial charge in [-0.1, -0.05) is 0 Å². The van der Waals surface area contributed by atoms with E-state index in [0.717, 1.165) is 0 Å². The predicted octanol–water partition coefficient (Wildman–Crippen LogP) is 1.39. The fourth-order valence-electron chi connectivity index (χ4n) is 1.44. The summed E-state index contributed by atoms with van der Waals surface area (Å²) in [4.78, 5) is 3.56. The highest BCUT2D eigenvalue weighted by Crippen LogP contribution is 2.36. The van der Waals surface area contributed by atoms with Crippen LogP contribution in [0.15, 0.2) is 18.3 Å². The Labute approximate surface area is 111 Å². The molecule has 0 saturated carbocycles. The number of hydrogen-bond donors (Lipinski definition) is 0. The molecule has 2 rings (SSSR count). The third-order valence-corrected chi connectivity index (χ3v) is 3.18. The number of pyridine rings is 1. The molecule has 0 amide bonds. The van der Waals surface area contributed by atoms with E-state index < -0.39 is 43.5 Å². The SMILES string of the molecule is [2H]c1nc(OC([2H])([2H])[2H])c([2H])c(B2OC(C)(C)C(C)(C)O2)c1[2H]. The number of hydrogen-bond acceptors (Lipinski definition) is 4. The third kappa shape index (κ3) is 2.17. The van der Waals surface area contributed by atoms with Crippen molar-refractivity contribution in [3.63, 3.8) is 0 Å². The van der Waals surface area contributed by atoms with Gasteiger partial charge in [0.25, 0.3) is 0 Å². The zero-order chi connectivity index (χ0) is 17.8. The Morgan fingerprint density at radius 3 is 2.59 bits per heavy atom. The second-order valence-electron chi connectivity index (χ2n) is 4.88. The van der Waals surface area contributed by atoms with Crippen LogP contribution in [0.3, 0.4) is 0 Å². The monoisotopic (exact) mass is 241 g/mol. The van der Waals surface area contributed by atoms with Crippen molar-refractivity contribution in [2.45, 2.75) is 38.9 Å². The van der Waals surface area contributed by atoms with Crippen LogP contribution in [0.1, 0.15) is 35.9 Å². The Bertz CT molecular complexity index is 618. The molecule has 5 heteroatoms. The van der Waals surface area contributed by atoms with E-state index in [2.05, 4.69) is 9.72 Å². The molecule has 0 aromatic carbocycles. The Hall–Kier alpha value is -1.07. The van der Waals surface area contributed by atoms with E-state index in [4.69, 9.17) is 17.5 Å². The first kappa shape index (κ1) is 6.76. The lowest BCUT2D eigenvalue weighted by Gasteiger charge is -2.32. The summed E-state index contributed by atoms with van der Waals surface area (Å²) in [5.74, 6) is -0.546. The van der Waals surface area contributed by atoms with Crippen molar-refractivity contribution < 1.29 is 22.3 Å². The molecule has 0 aliphatic carbocycles. The van der Waals surface area contributed by atoms with Gasteiger partial charge in [-0.15, -0.1) is 0 Å². The average molecular weight is 241 g/mol. The summed E-state index contributed by atoms with van der Waals surface area (Å²) in [5, 5.41) is 0. The molecule has 4 nitrogen and oxygen atoms in total. The minimum Gasteiger partial charge on any atom is -0.481 e. The number of methoxy groups -OCH3 is 1. The van der Waals surface area contributed by atoms with Gasteiger partial charge in [0, 0.05) is 12.2 Å². The van der Waals surface area contributed by atoms with Gasteiger partial charge in [-0.2, -0.15) is 0 Å². The highest BCUT2D eigenvalue weighted by atomic mass is 16.7. The molecule has 0 bridgehead atoms. The van der Waals surface area contributed by atoms with E-state index >= 15 is 0 Å². The van der Waals surface area contributed by atoms with E-state index in [-0.39, 0.29) is 11.5 Å². The zero-order valence-corrected chi connectivity index (χ0v) is 10.2. The Balaban J connectivity index is 2.51. The first-order chi connectivity index (χ1) is 10.3. The molecular formula is C12H18BNO3. The molecule has 1 aromatic heterocycles. The minimum atomic E-state index is -2.81. The molecule has 2 heterocycles. The van der Waals surface area contributed by atoms with E-state index in [1.54, 1.807) is 0 Å². The average Bonchev–Trinajstić information content (AvgIpc) is 2.53. The summed E-state index contributed by atoms with van der Waals surface area (Å²) < 4.78 is 61.3. The van der Waals surface area contributed by atoms with Crippen LogP contribution in [0, 0.1) is 0 Å². The molecule has 1 aromatic rings. The molecule has 92 valence electrons. The van der Waals surface area contributed by atoms with Crippen molar-refractivity contribution in [2.24, 2.45) is 0 Å². The molecule has 0 spiro atoms. The van der Waals surface area contributed by atoms with Crippen LogP contribution in [0.2, 0.25) is 0 Å².